The molecule has 1 aliphatic rings. The van der Waals surface area contributed by atoms with Gasteiger partial charge in [-0.05, 0) is 49.2 Å². The first-order valence-electron chi connectivity index (χ1n) is 7.79. The first kappa shape index (κ1) is 15.0. The lowest BCUT2D eigenvalue weighted by atomic mass is 10.2. The molecule has 1 aromatic heterocycles. The number of pyridine rings is 1. The molecule has 0 unspecified atom stereocenters. The summed E-state index contributed by atoms with van der Waals surface area (Å²) in [7, 11) is 0. The maximum atomic E-state index is 12.2. The van der Waals surface area contributed by atoms with Crippen molar-refractivity contribution in [3.8, 4) is 6.07 Å². The van der Waals surface area contributed by atoms with Gasteiger partial charge in [0.15, 0.2) is 0 Å². The predicted molar refractivity (Wildman–Crippen MR) is 89.2 cm³/mol. The summed E-state index contributed by atoms with van der Waals surface area (Å²) in [5, 5.41) is 15.0. The third-order valence-corrected chi connectivity index (χ3v) is 3.99. The number of hydrogen-bond acceptors (Lipinski definition) is 4. The van der Waals surface area contributed by atoms with Gasteiger partial charge in [0.2, 0.25) is 0 Å². The number of carbonyl (C=O) groups excluding carboxylic acids is 1. The first-order chi connectivity index (χ1) is 11.2. The fraction of sp³-hybridized carbons (Fsp3) is 0.278. The number of aromatic nitrogens is 1. The SMILES string of the molecule is N#Cc1ccc(NC(=O)c2ccc(NC3CCCC3)cn2)cc1. The third-order valence-electron chi connectivity index (χ3n) is 3.99. The Labute approximate surface area is 135 Å². The lowest BCUT2D eigenvalue weighted by Gasteiger charge is -2.13. The Bertz CT molecular complexity index is 710. The highest BCUT2D eigenvalue weighted by atomic mass is 16.1. The molecule has 1 amide bonds. The Morgan fingerprint density at radius 2 is 1.78 bits per heavy atom. The van der Waals surface area contributed by atoms with Crippen LogP contribution in [-0.4, -0.2) is 16.9 Å². The molecule has 5 nitrogen and oxygen atoms in total. The topological polar surface area (TPSA) is 77.8 Å². The van der Waals surface area contributed by atoms with E-state index in [4.69, 9.17) is 5.26 Å². The lowest BCUT2D eigenvalue weighted by Crippen LogP contribution is -2.16. The van der Waals surface area contributed by atoms with Gasteiger partial charge < -0.3 is 10.6 Å². The molecular formula is C18H18N4O. The fourth-order valence-electron chi connectivity index (χ4n) is 2.74. The molecule has 116 valence electrons. The molecule has 0 radical (unpaired) electrons. The first-order valence-corrected chi connectivity index (χ1v) is 7.79. The van der Waals surface area contributed by atoms with E-state index in [1.165, 1.54) is 25.7 Å². The van der Waals surface area contributed by atoms with Gasteiger partial charge in [0.25, 0.3) is 5.91 Å². The van der Waals surface area contributed by atoms with Gasteiger partial charge in [-0.15, -0.1) is 0 Å². The number of benzene rings is 1. The summed E-state index contributed by atoms with van der Waals surface area (Å²) in [5.41, 5.74) is 2.52. The number of hydrogen-bond donors (Lipinski definition) is 2. The van der Waals surface area contributed by atoms with Crippen LogP contribution in [0.25, 0.3) is 0 Å². The summed E-state index contributed by atoms with van der Waals surface area (Å²) in [6.45, 7) is 0. The minimum Gasteiger partial charge on any atom is -0.381 e. The number of nitriles is 1. The van der Waals surface area contributed by atoms with E-state index in [1.807, 2.05) is 12.1 Å². The van der Waals surface area contributed by atoms with E-state index in [2.05, 4.69) is 15.6 Å². The highest BCUT2D eigenvalue weighted by Gasteiger charge is 2.15. The second-order valence-corrected chi connectivity index (χ2v) is 5.70. The van der Waals surface area contributed by atoms with E-state index in [-0.39, 0.29) is 5.91 Å². The van der Waals surface area contributed by atoms with Crippen LogP contribution in [0.15, 0.2) is 42.6 Å². The van der Waals surface area contributed by atoms with Crippen LogP contribution in [0.1, 0.15) is 41.7 Å². The summed E-state index contributed by atoms with van der Waals surface area (Å²) < 4.78 is 0. The summed E-state index contributed by atoms with van der Waals surface area (Å²) in [4.78, 5) is 16.4. The zero-order valence-corrected chi connectivity index (χ0v) is 12.7. The molecule has 2 aromatic rings. The van der Waals surface area contributed by atoms with Crippen molar-refractivity contribution >= 4 is 17.3 Å². The third kappa shape index (κ3) is 3.86. The molecule has 1 aliphatic carbocycles. The molecule has 1 heterocycles. The smallest absolute Gasteiger partial charge is 0.274 e. The van der Waals surface area contributed by atoms with Gasteiger partial charge in [-0.3, -0.25) is 4.79 Å². The number of rotatable bonds is 4. The van der Waals surface area contributed by atoms with Crippen LogP contribution in [0.5, 0.6) is 0 Å². The van der Waals surface area contributed by atoms with Crippen molar-refractivity contribution < 1.29 is 4.79 Å². The van der Waals surface area contributed by atoms with Gasteiger partial charge in [-0.1, -0.05) is 12.8 Å². The van der Waals surface area contributed by atoms with Gasteiger partial charge in [-0.25, -0.2) is 4.98 Å². The van der Waals surface area contributed by atoms with Gasteiger partial charge >= 0.3 is 0 Å². The number of carbonyl (C=O) groups is 1. The van der Waals surface area contributed by atoms with Crippen molar-refractivity contribution in [2.75, 3.05) is 10.6 Å². The monoisotopic (exact) mass is 306 g/mol. The quantitative estimate of drug-likeness (QED) is 0.905. The molecule has 0 saturated heterocycles. The summed E-state index contributed by atoms with van der Waals surface area (Å²) in [6, 6.07) is 12.9. The number of nitrogens with one attached hydrogen (secondary N) is 2. The normalized spacial score (nSPS) is 14.2. The van der Waals surface area contributed by atoms with Crippen LogP contribution in [0, 0.1) is 11.3 Å². The summed E-state index contributed by atoms with van der Waals surface area (Å²) in [5.74, 6) is -0.262. The van der Waals surface area contributed by atoms with E-state index >= 15 is 0 Å². The van der Waals surface area contributed by atoms with E-state index in [9.17, 15) is 4.79 Å². The number of amides is 1. The van der Waals surface area contributed by atoms with Crippen LogP contribution in [0.2, 0.25) is 0 Å². The molecular weight excluding hydrogens is 288 g/mol. The molecule has 23 heavy (non-hydrogen) atoms. The molecule has 5 heteroatoms. The lowest BCUT2D eigenvalue weighted by molar-refractivity contribution is 0.102. The molecule has 1 fully saturated rings. The molecule has 0 aliphatic heterocycles. The Kier molecular flexibility index (Phi) is 4.53. The van der Waals surface area contributed by atoms with Gasteiger partial charge in [-0.2, -0.15) is 5.26 Å². The predicted octanol–water partition coefficient (Wildman–Crippen LogP) is 3.56. The van der Waals surface area contributed by atoms with Crippen molar-refractivity contribution in [2.45, 2.75) is 31.7 Å². The molecule has 0 bridgehead atoms. The van der Waals surface area contributed by atoms with Crippen molar-refractivity contribution in [1.29, 1.82) is 5.26 Å². The Morgan fingerprint density at radius 1 is 1.09 bits per heavy atom. The standard InChI is InChI=1S/C18H18N4O/c19-11-13-5-7-15(8-6-13)22-18(23)17-10-9-16(12-20-17)21-14-3-1-2-4-14/h5-10,12,14,21H,1-4H2,(H,22,23). The van der Waals surface area contributed by atoms with Crippen molar-refractivity contribution in [3.05, 3.63) is 53.9 Å². The van der Waals surface area contributed by atoms with Crippen LogP contribution in [-0.2, 0) is 0 Å². The van der Waals surface area contributed by atoms with Crippen LogP contribution < -0.4 is 10.6 Å². The van der Waals surface area contributed by atoms with E-state index in [0.29, 0.717) is 23.0 Å². The van der Waals surface area contributed by atoms with Crippen LogP contribution in [0.4, 0.5) is 11.4 Å². The highest BCUT2D eigenvalue weighted by molar-refractivity contribution is 6.02. The van der Waals surface area contributed by atoms with Crippen LogP contribution >= 0.6 is 0 Å². The van der Waals surface area contributed by atoms with E-state index in [0.717, 1.165) is 5.69 Å². The minimum absolute atomic E-state index is 0.262. The summed E-state index contributed by atoms with van der Waals surface area (Å²) in [6.07, 6.45) is 6.64. The number of anilines is 2. The van der Waals surface area contributed by atoms with Crippen molar-refractivity contribution in [1.82, 2.24) is 4.98 Å². The molecule has 0 atom stereocenters. The Morgan fingerprint density at radius 3 is 2.39 bits per heavy atom. The molecule has 0 spiro atoms. The zero-order chi connectivity index (χ0) is 16.1. The van der Waals surface area contributed by atoms with E-state index < -0.39 is 0 Å². The van der Waals surface area contributed by atoms with Crippen LogP contribution in [0.3, 0.4) is 0 Å². The fourth-order valence-corrected chi connectivity index (χ4v) is 2.74. The minimum atomic E-state index is -0.262. The maximum absolute atomic E-state index is 12.2. The molecule has 2 N–H and O–H groups in total. The molecule has 3 rings (SSSR count). The van der Waals surface area contributed by atoms with Gasteiger partial charge in [0, 0.05) is 11.7 Å². The van der Waals surface area contributed by atoms with Crippen molar-refractivity contribution in [3.63, 3.8) is 0 Å². The maximum Gasteiger partial charge on any atom is 0.274 e. The highest BCUT2D eigenvalue weighted by Crippen LogP contribution is 2.22. The Balaban J connectivity index is 1.61. The number of nitrogens with zero attached hydrogens (tertiary/aromatic N) is 2. The average Bonchev–Trinajstić information content (AvgIpc) is 3.09. The van der Waals surface area contributed by atoms with Gasteiger partial charge in [0.05, 0.1) is 23.5 Å². The summed E-state index contributed by atoms with van der Waals surface area (Å²) >= 11 is 0. The van der Waals surface area contributed by atoms with E-state index in [1.54, 1.807) is 36.5 Å². The largest absolute Gasteiger partial charge is 0.381 e. The van der Waals surface area contributed by atoms with Crippen molar-refractivity contribution in [2.24, 2.45) is 0 Å². The molecule has 1 saturated carbocycles. The Hall–Kier alpha value is -2.87. The van der Waals surface area contributed by atoms with Gasteiger partial charge in [0.1, 0.15) is 5.69 Å². The second kappa shape index (κ2) is 6.93. The second-order valence-electron chi connectivity index (χ2n) is 5.70. The zero-order valence-electron chi connectivity index (χ0n) is 12.7. The molecule has 1 aromatic carbocycles. The average molecular weight is 306 g/mol.